The van der Waals surface area contributed by atoms with E-state index in [1.807, 2.05) is 12.1 Å². The number of rotatable bonds is 1. The molecule has 1 aromatic carbocycles. The van der Waals surface area contributed by atoms with Crippen LogP contribution in [0.5, 0.6) is 0 Å². The fourth-order valence-corrected chi connectivity index (χ4v) is 1.95. The second kappa shape index (κ2) is 2.99. The van der Waals surface area contributed by atoms with Gasteiger partial charge in [0.15, 0.2) is 5.78 Å². The fraction of sp³-hybridized carbons (Fsp3) is 0.333. The van der Waals surface area contributed by atoms with Gasteiger partial charge in [0.1, 0.15) is 0 Å². The Labute approximate surface area is 78.8 Å². The maximum Gasteiger partial charge on any atom is 0.159 e. The summed E-state index contributed by atoms with van der Waals surface area (Å²) < 4.78 is 0. The highest BCUT2D eigenvalue weighted by molar-refractivity contribution is 5.94. The van der Waals surface area contributed by atoms with E-state index in [2.05, 4.69) is 13.3 Å². The Morgan fingerprint density at radius 3 is 2.85 bits per heavy atom. The molecule has 0 heterocycles. The molecule has 1 radical (unpaired) electrons. The first-order valence-electron chi connectivity index (χ1n) is 4.66. The lowest BCUT2D eigenvalue weighted by Crippen LogP contribution is -1.96. The van der Waals surface area contributed by atoms with E-state index in [1.54, 1.807) is 6.92 Å². The summed E-state index contributed by atoms with van der Waals surface area (Å²) >= 11 is 0. The number of carbonyl (C=O) groups excluding carboxylic acids is 1. The largest absolute Gasteiger partial charge is 0.295 e. The molecule has 2 rings (SSSR count). The van der Waals surface area contributed by atoms with Crippen LogP contribution in [0.15, 0.2) is 12.1 Å². The standard InChI is InChI=1S/C12H13O/c1-8-6-11(9(2)13)7-10-4-3-5-12(8)10/h5-7H,3-4H2,1-2H3. The molecule has 1 nitrogen and oxygen atoms in total. The lowest BCUT2D eigenvalue weighted by molar-refractivity contribution is 0.101. The summed E-state index contributed by atoms with van der Waals surface area (Å²) in [5, 5.41) is 0. The molecule has 0 bridgehead atoms. The molecular formula is C12H13O. The molecule has 1 aliphatic carbocycles. The SMILES string of the molecule is CC(=O)c1cc(C)c2c(c1)CC[CH]2. The second-order valence-electron chi connectivity index (χ2n) is 3.66. The third-order valence-electron chi connectivity index (χ3n) is 2.64. The predicted molar refractivity (Wildman–Crippen MR) is 52.9 cm³/mol. The molecule has 0 aromatic heterocycles. The van der Waals surface area contributed by atoms with Crippen LogP contribution in [0.4, 0.5) is 0 Å². The zero-order valence-electron chi connectivity index (χ0n) is 8.05. The summed E-state index contributed by atoms with van der Waals surface area (Å²) in [5.74, 6) is 0.165. The van der Waals surface area contributed by atoms with Crippen molar-refractivity contribution in [3.05, 3.63) is 40.8 Å². The molecule has 0 saturated carbocycles. The van der Waals surface area contributed by atoms with Gasteiger partial charge >= 0.3 is 0 Å². The number of carbonyl (C=O) groups is 1. The van der Waals surface area contributed by atoms with Crippen molar-refractivity contribution in [3.63, 3.8) is 0 Å². The molecule has 1 aromatic rings. The number of Topliss-reactive ketones (excluding diaryl/α,β-unsaturated/α-hetero) is 1. The van der Waals surface area contributed by atoms with Crippen molar-refractivity contribution in [2.75, 3.05) is 0 Å². The summed E-state index contributed by atoms with van der Waals surface area (Å²) in [5.41, 5.74) is 4.78. The zero-order valence-corrected chi connectivity index (χ0v) is 8.05. The van der Waals surface area contributed by atoms with Crippen LogP contribution in [0.25, 0.3) is 0 Å². The minimum atomic E-state index is 0.165. The molecule has 67 valence electrons. The van der Waals surface area contributed by atoms with Crippen LogP contribution in [-0.4, -0.2) is 5.78 Å². The van der Waals surface area contributed by atoms with Crippen molar-refractivity contribution < 1.29 is 4.79 Å². The number of hydrogen-bond acceptors (Lipinski definition) is 1. The maximum atomic E-state index is 11.2. The first kappa shape index (κ1) is 8.49. The molecule has 1 aliphatic rings. The smallest absolute Gasteiger partial charge is 0.159 e. The van der Waals surface area contributed by atoms with Gasteiger partial charge in [-0.2, -0.15) is 0 Å². The van der Waals surface area contributed by atoms with Gasteiger partial charge in [-0.05, 0) is 61.9 Å². The van der Waals surface area contributed by atoms with Gasteiger partial charge in [-0.3, -0.25) is 4.79 Å². The van der Waals surface area contributed by atoms with Crippen LogP contribution >= 0.6 is 0 Å². The Hall–Kier alpha value is -1.11. The van der Waals surface area contributed by atoms with Crippen LogP contribution in [0.2, 0.25) is 0 Å². The first-order chi connectivity index (χ1) is 6.18. The summed E-state index contributed by atoms with van der Waals surface area (Å²) in [6, 6.07) is 4.02. The van der Waals surface area contributed by atoms with Crippen molar-refractivity contribution in [3.8, 4) is 0 Å². The van der Waals surface area contributed by atoms with Crippen LogP contribution in [0.3, 0.4) is 0 Å². The lowest BCUT2D eigenvalue weighted by Gasteiger charge is -2.05. The van der Waals surface area contributed by atoms with Gasteiger partial charge in [0, 0.05) is 5.56 Å². The molecule has 0 aliphatic heterocycles. The van der Waals surface area contributed by atoms with Crippen molar-refractivity contribution in [1.29, 1.82) is 0 Å². The van der Waals surface area contributed by atoms with Crippen molar-refractivity contribution in [1.82, 2.24) is 0 Å². The third kappa shape index (κ3) is 1.39. The van der Waals surface area contributed by atoms with E-state index in [0.717, 1.165) is 18.4 Å². The van der Waals surface area contributed by atoms with Crippen molar-refractivity contribution >= 4 is 5.78 Å². The summed E-state index contributed by atoms with van der Waals surface area (Å²) in [6.07, 6.45) is 4.48. The number of hydrogen-bond donors (Lipinski definition) is 0. The van der Waals surface area contributed by atoms with E-state index in [0.29, 0.717) is 0 Å². The van der Waals surface area contributed by atoms with Crippen LogP contribution in [0, 0.1) is 13.3 Å². The molecule has 1 heteroatoms. The highest BCUT2D eigenvalue weighted by Gasteiger charge is 2.15. The zero-order chi connectivity index (χ0) is 9.42. The number of benzene rings is 1. The van der Waals surface area contributed by atoms with Crippen LogP contribution in [0.1, 0.15) is 40.4 Å². The molecule has 0 saturated heterocycles. The van der Waals surface area contributed by atoms with E-state index in [9.17, 15) is 4.79 Å². The molecule has 13 heavy (non-hydrogen) atoms. The van der Waals surface area contributed by atoms with Crippen molar-refractivity contribution in [2.45, 2.75) is 26.7 Å². The van der Waals surface area contributed by atoms with Gasteiger partial charge in [-0.15, -0.1) is 0 Å². The number of aryl methyl sites for hydroxylation is 2. The van der Waals surface area contributed by atoms with Gasteiger partial charge < -0.3 is 0 Å². The molecule has 0 amide bonds. The van der Waals surface area contributed by atoms with E-state index in [4.69, 9.17) is 0 Å². The topological polar surface area (TPSA) is 17.1 Å². The van der Waals surface area contributed by atoms with E-state index in [1.165, 1.54) is 16.7 Å². The molecular weight excluding hydrogens is 160 g/mol. The Morgan fingerprint density at radius 2 is 2.15 bits per heavy atom. The highest BCUT2D eigenvalue weighted by atomic mass is 16.1. The lowest BCUT2D eigenvalue weighted by atomic mass is 9.99. The minimum Gasteiger partial charge on any atom is -0.295 e. The fourth-order valence-electron chi connectivity index (χ4n) is 1.95. The van der Waals surface area contributed by atoms with Crippen molar-refractivity contribution in [2.24, 2.45) is 0 Å². The summed E-state index contributed by atoms with van der Waals surface area (Å²) in [7, 11) is 0. The highest BCUT2D eigenvalue weighted by Crippen LogP contribution is 2.27. The normalized spacial score (nSPS) is 14.3. The number of ketones is 1. The predicted octanol–water partition coefficient (Wildman–Crippen LogP) is 2.70. The van der Waals surface area contributed by atoms with Gasteiger partial charge in [-0.1, -0.05) is 0 Å². The molecule has 0 fully saturated rings. The molecule has 0 atom stereocenters. The summed E-state index contributed by atoms with van der Waals surface area (Å²) in [4.78, 5) is 11.2. The molecule has 0 spiro atoms. The average Bonchev–Trinajstić information content (AvgIpc) is 2.51. The van der Waals surface area contributed by atoms with E-state index < -0.39 is 0 Å². The summed E-state index contributed by atoms with van der Waals surface area (Å²) in [6.45, 7) is 3.70. The second-order valence-corrected chi connectivity index (χ2v) is 3.66. The maximum absolute atomic E-state index is 11.2. The quantitative estimate of drug-likeness (QED) is 0.597. The Bertz CT molecular complexity index is 364. The number of fused-ring (bicyclic) bond motifs is 1. The van der Waals surface area contributed by atoms with E-state index in [-0.39, 0.29) is 5.78 Å². The van der Waals surface area contributed by atoms with Gasteiger partial charge in [0.05, 0.1) is 0 Å². The Morgan fingerprint density at radius 1 is 1.38 bits per heavy atom. The minimum absolute atomic E-state index is 0.165. The third-order valence-corrected chi connectivity index (χ3v) is 2.64. The average molecular weight is 173 g/mol. The van der Waals surface area contributed by atoms with Gasteiger partial charge in [-0.25, -0.2) is 0 Å². The van der Waals surface area contributed by atoms with Crippen LogP contribution in [-0.2, 0) is 6.42 Å². The monoisotopic (exact) mass is 173 g/mol. The molecule has 0 N–H and O–H groups in total. The molecule has 0 unspecified atom stereocenters. The van der Waals surface area contributed by atoms with Gasteiger partial charge in [0.25, 0.3) is 0 Å². The Balaban J connectivity index is 2.55. The Kier molecular flexibility index (Phi) is 1.95. The van der Waals surface area contributed by atoms with Gasteiger partial charge in [0.2, 0.25) is 0 Å². The van der Waals surface area contributed by atoms with E-state index >= 15 is 0 Å². The van der Waals surface area contributed by atoms with Crippen LogP contribution < -0.4 is 0 Å². The first-order valence-corrected chi connectivity index (χ1v) is 4.66.